The van der Waals surface area contributed by atoms with Gasteiger partial charge in [0.1, 0.15) is 16.3 Å². The molecule has 0 aliphatic carbocycles. The maximum absolute atomic E-state index is 12.8. The number of nitro groups is 1. The van der Waals surface area contributed by atoms with Gasteiger partial charge >= 0.3 is 6.18 Å². The molecule has 0 unspecified atom stereocenters. The van der Waals surface area contributed by atoms with Gasteiger partial charge in [-0.05, 0) is 29.8 Å². The third kappa shape index (κ3) is 6.71. The van der Waals surface area contributed by atoms with Crippen LogP contribution in [0.25, 0.3) is 6.08 Å². The van der Waals surface area contributed by atoms with Crippen molar-refractivity contribution in [3.63, 3.8) is 0 Å². The molecule has 188 valence electrons. The number of rotatable bonds is 7. The van der Waals surface area contributed by atoms with Gasteiger partial charge in [-0.25, -0.2) is 18.1 Å². The van der Waals surface area contributed by atoms with Gasteiger partial charge in [-0.15, -0.1) is 0 Å². The smallest absolute Gasteiger partial charge is 0.417 e. The van der Waals surface area contributed by atoms with Crippen LogP contribution in [0.5, 0.6) is 11.6 Å². The fourth-order valence-corrected chi connectivity index (χ4v) is 3.84. The van der Waals surface area contributed by atoms with Crippen molar-refractivity contribution in [1.29, 1.82) is 0 Å². The second kappa shape index (κ2) is 10.5. The minimum Gasteiger partial charge on any atom is -0.438 e. The van der Waals surface area contributed by atoms with Gasteiger partial charge in [-0.3, -0.25) is 14.9 Å². The molecule has 0 atom stereocenters. The molecule has 0 saturated carbocycles. The molecule has 1 aromatic heterocycles. The average Bonchev–Trinajstić information content (AvgIpc) is 2.78. The number of amides is 1. The van der Waals surface area contributed by atoms with Gasteiger partial charge in [0.2, 0.25) is 5.88 Å². The first-order valence-electron chi connectivity index (χ1n) is 9.45. The lowest BCUT2D eigenvalue weighted by atomic mass is 10.1. The average molecular weight is 562 g/mol. The lowest BCUT2D eigenvalue weighted by Crippen LogP contribution is -2.29. The molecule has 0 spiro atoms. The zero-order chi connectivity index (χ0) is 26.7. The van der Waals surface area contributed by atoms with Crippen LogP contribution in [-0.4, -0.2) is 24.2 Å². The quantitative estimate of drug-likeness (QED) is 0.283. The predicted molar refractivity (Wildman–Crippen MR) is 124 cm³/mol. The number of hydrogen-bond donors (Lipinski definition) is 1. The molecular weight excluding hydrogens is 550 g/mol. The normalized spacial score (nSPS) is 11.9. The van der Waals surface area contributed by atoms with Gasteiger partial charge in [0.25, 0.3) is 21.6 Å². The van der Waals surface area contributed by atoms with Gasteiger partial charge in [0, 0.05) is 23.4 Å². The molecule has 15 heteroatoms. The monoisotopic (exact) mass is 561 g/mol. The number of carbonyl (C=O) groups is 1. The number of pyridine rings is 1. The second-order valence-electron chi connectivity index (χ2n) is 6.85. The van der Waals surface area contributed by atoms with Crippen LogP contribution in [-0.2, 0) is 16.2 Å². The molecule has 0 bridgehead atoms. The van der Waals surface area contributed by atoms with E-state index in [1.54, 1.807) is 16.9 Å². The van der Waals surface area contributed by atoms with Crippen LogP contribution < -0.4 is 9.46 Å². The molecule has 36 heavy (non-hydrogen) atoms. The van der Waals surface area contributed by atoms with Gasteiger partial charge in [-0.2, -0.15) is 13.2 Å². The zero-order valence-electron chi connectivity index (χ0n) is 17.5. The minimum absolute atomic E-state index is 0.242. The highest BCUT2D eigenvalue weighted by Crippen LogP contribution is 2.35. The van der Waals surface area contributed by atoms with Crippen molar-refractivity contribution in [2.75, 3.05) is 0 Å². The van der Waals surface area contributed by atoms with E-state index in [0.29, 0.717) is 23.2 Å². The number of aromatic nitrogens is 1. The van der Waals surface area contributed by atoms with E-state index < -0.39 is 54.7 Å². The van der Waals surface area contributed by atoms with E-state index >= 15 is 0 Å². The molecule has 0 radical (unpaired) electrons. The Morgan fingerprint density at radius 2 is 1.81 bits per heavy atom. The van der Waals surface area contributed by atoms with Gasteiger partial charge in [-0.1, -0.05) is 41.4 Å². The van der Waals surface area contributed by atoms with Crippen molar-refractivity contribution < 1.29 is 36.0 Å². The molecule has 9 nitrogen and oxygen atoms in total. The van der Waals surface area contributed by atoms with Gasteiger partial charge < -0.3 is 4.74 Å². The third-order valence-electron chi connectivity index (χ3n) is 4.33. The molecule has 1 N–H and O–H groups in total. The second-order valence-corrected chi connectivity index (χ2v) is 9.23. The number of benzene rings is 2. The Balaban J connectivity index is 1.88. The van der Waals surface area contributed by atoms with Crippen molar-refractivity contribution in [3.8, 4) is 11.6 Å². The maximum Gasteiger partial charge on any atom is 0.417 e. The molecule has 3 rings (SSSR count). The van der Waals surface area contributed by atoms with E-state index in [0.717, 1.165) is 24.3 Å². The molecule has 0 fully saturated rings. The van der Waals surface area contributed by atoms with Crippen molar-refractivity contribution >= 4 is 50.9 Å². The van der Waals surface area contributed by atoms with Crippen molar-refractivity contribution in [1.82, 2.24) is 9.71 Å². The van der Waals surface area contributed by atoms with Crippen LogP contribution in [0.1, 0.15) is 21.5 Å². The summed E-state index contributed by atoms with van der Waals surface area (Å²) in [7, 11) is -4.43. The Hall–Kier alpha value is -3.68. The Morgan fingerprint density at radius 3 is 2.42 bits per heavy atom. The zero-order valence-corrected chi connectivity index (χ0v) is 19.8. The fraction of sp³-hybridized carbons (Fsp3) is 0.0476. The maximum atomic E-state index is 12.8. The van der Waals surface area contributed by atoms with Crippen molar-refractivity contribution in [2.45, 2.75) is 6.18 Å². The van der Waals surface area contributed by atoms with Crippen LogP contribution in [0.4, 0.5) is 18.9 Å². The molecular formula is C21H12Cl2F3N3O6S. The molecule has 1 heterocycles. The van der Waals surface area contributed by atoms with Crippen LogP contribution in [0.2, 0.25) is 10.0 Å². The summed E-state index contributed by atoms with van der Waals surface area (Å²) in [5.74, 6) is -2.15. The van der Waals surface area contributed by atoms with E-state index in [4.69, 9.17) is 27.9 Å². The number of nitrogens with one attached hydrogen (secondary N) is 1. The SMILES string of the molecule is O=C(NS(=O)(=O)/C=C/c1ccccc1Cl)c1cc(Oc2ncc(C(F)(F)F)cc2Cl)ccc1[N+](=O)[O-]. The number of ether oxygens (including phenoxy) is 1. The summed E-state index contributed by atoms with van der Waals surface area (Å²) in [6.45, 7) is 0. The van der Waals surface area contributed by atoms with Crippen molar-refractivity contribution in [2.24, 2.45) is 0 Å². The number of hydrogen-bond acceptors (Lipinski definition) is 7. The number of nitrogens with zero attached hydrogens (tertiary/aromatic N) is 2. The molecule has 3 aromatic rings. The van der Waals surface area contributed by atoms with Crippen LogP contribution >= 0.6 is 23.2 Å². The van der Waals surface area contributed by atoms with E-state index in [1.807, 2.05) is 0 Å². The van der Waals surface area contributed by atoms with Gasteiger partial charge in [0.15, 0.2) is 0 Å². The van der Waals surface area contributed by atoms with E-state index in [1.165, 1.54) is 12.1 Å². The molecule has 0 aliphatic rings. The van der Waals surface area contributed by atoms with E-state index in [2.05, 4.69) is 4.98 Å². The first-order chi connectivity index (χ1) is 16.8. The van der Waals surface area contributed by atoms with E-state index in [9.17, 15) is 36.5 Å². The summed E-state index contributed by atoms with van der Waals surface area (Å²) >= 11 is 11.7. The molecule has 0 saturated heterocycles. The Bertz CT molecular complexity index is 1480. The summed E-state index contributed by atoms with van der Waals surface area (Å²) in [6.07, 6.45) is -3.14. The standard InChI is InChI=1S/C21H12Cl2F3N3O6S/c22-16-4-2-1-3-12(16)7-8-36(33,34)28-19(30)15-10-14(5-6-18(15)29(31)32)35-20-17(23)9-13(11-27-20)21(24,25)26/h1-11H,(H,28,30)/b8-7+. The first kappa shape index (κ1) is 26.9. The highest BCUT2D eigenvalue weighted by Gasteiger charge is 2.32. The minimum atomic E-state index is -4.71. The van der Waals surface area contributed by atoms with Crippen LogP contribution in [0, 0.1) is 10.1 Å². The predicted octanol–water partition coefficient (Wildman–Crippen LogP) is 5.84. The third-order valence-corrected chi connectivity index (χ3v) is 5.90. The Labute approximate surface area is 211 Å². The van der Waals surface area contributed by atoms with Crippen LogP contribution in [0.15, 0.2) is 60.1 Å². The number of carbonyl (C=O) groups excluding carboxylic acids is 1. The lowest BCUT2D eigenvalue weighted by Gasteiger charge is -2.11. The number of sulfonamides is 1. The highest BCUT2D eigenvalue weighted by molar-refractivity contribution is 7.93. The Kier molecular flexibility index (Phi) is 7.86. The summed E-state index contributed by atoms with van der Waals surface area (Å²) in [5, 5.41) is 11.7. The molecule has 1 amide bonds. The summed E-state index contributed by atoms with van der Waals surface area (Å²) < 4.78 is 69.9. The summed E-state index contributed by atoms with van der Waals surface area (Å²) in [6, 6.07) is 9.49. The number of alkyl halides is 3. The number of halogens is 5. The lowest BCUT2D eigenvalue weighted by molar-refractivity contribution is -0.385. The van der Waals surface area contributed by atoms with Gasteiger partial charge in [0.05, 0.1) is 15.9 Å². The summed E-state index contributed by atoms with van der Waals surface area (Å²) in [5.41, 5.74) is -2.29. The number of nitro benzene ring substituents is 1. The topological polar surface area (TPSA) is 128 Å². The highest BCUT2D eigenvalue weighted by atomic mass is 35.5. The molecule has 2 aromatic carbocycles. The molecule has 0 aliphatic heterocycles. The Morgan fingerprint density at radius 1 is 1.11 bits per heavy atom. The van der Waals surface area contributed by atoms with Crippen LogP contribution in [0.3, 0.4) is 0 Å². The largest absolute Gasteiger partial charge is 0.438 e. The first-order valence-corrected chi connectivity index (χ1v) is 11.8. The van der Waals surface area contributed by atoms with E-state index in [-0.39, 0.29) is 10.8 Å². The fourth-order valence-electron chi connectivity index (χ4n) is 2.68. The van der Waals surface area contributed by atoms with Crippen molar-refractivity contribution in [3.05, 3.63) is 97.0 Å². The summed E-state index contributed by atoms with van der Waals surface area (Å²) in [4.78, 5) is 26.5.